The molecule has 1 N–H and O–H groups in total. The Balaban J connectivity index is 0.000000606. The topological polar surface area (TPSA) is 15.8 Å². The van der Waals surface area contributed by atoms with Crippen molar-refractivity contribution in [1.82, 2.24) is 4.98 Å². The van der Waals surface area contributed by atoms with Crippen LogP contribution in [0.15, 0.2) is 29.2 Å². The third kappa shape index (κ3) is 2.82. The van der Waals surface area contributed by atoms with Gasteiger partial charge in [0.1, 0.15) is 0 Å². The average molecular weight is 235 g/mol. The SMILES string of the molecule is CC.CSc1ccc2[nH]c(C(C)C)cc2c1. The number of benzene rings is 1. The molecule has 0 spiro atoms. The molecule has 2 aromatic rings. The van der Waals surface area contributed by atoms with Crippen molar-refractivity contribution in [2.45, 2.75) is 38.5 Å². The molecule has 0 amide bonds. The molecular weight excluding hydrogens is 214 g/mol. The first-order valence-corrected chi connectivity index (χ1v) is 7.10. The van der Waals surface area contributed by atoms with Crippen LogP contribution in [0.2, 0.25) is 0 Å². The van der Waals surface area contributed by atoms with Gasteiger partial charge >= 0.3 is 0 Å². The van der Waals surface area contributed by atoms with Crippen LogP contribution in [-0.4, -0.2) is 11.2 Å². The highest BCUT2D eigenvalue weighted by Gasteiger charge is 2.04. The summed E-state index contributed by atoms with van der Waals surface area (Å²) in [6, 6.07) is 8.81. The van der Waals surface area contributed by atoms with Gasteiger partial charge in [-0.05, 0) is 36.4 Å². The van der Waals surface area contributed by atoms with Gasteiger partial charge in [-0.25, -0.2) is 0 Å². The quantitative estimate of drug-likeness (QED) is 0.721. The highest BCUT2D eigenvalue weighted by Crippen LogP contribution is 2.25. The van der Waals surface area contributed by atoms with Crippen LogP contribution in [0.3, 0.4) is 0 Å². The standard InChI is InChI=1S/C12H15NS.C2H6/c1-8(2)12-7-9-6-10(14-3)4-5-11(9)13-12;1-2/h4-8,13H,1-3H3;1-2H3. The lowest BCUT2D eigenvalue weighted by Crippen LogP contribution is -1.84. The Bertz CT molecular complexity index is 443. The molecule has 0 fully saturated rings. The summed E-state index contributed by atoms with van der Waals surface area (Å²) in [5, 5.41) is 1.32. The predicted octanol–water partition coefficient (Wildman–Crippen LogP) is 5.04. The van der Waals surface area contributed by atoms with E-state index in [1.807, 2.05) is 13.8 Å². The van der Waals surface area contributed by atoms with Crippen molar-refractivity contribution in [3.05, 3.63) is 30.0 Å². The molecule has 0 aliphatic heterocycles. The first-order valence-electron chi connectivity index (χ1n) is 5.87. The zero-order valence-electron chi connectivity index (χ0n) is 10.8. The third-order valence-corrected chi connectivity index (χ3v) is 3.20. The van der Waals surface area contributed by atoms with Gasteiger partial charge in [-0.15, -0.1) is 11.8 Å². The Morgan fingerprint density at radius 2 is 1.81 bits per heavy atom. The number of rotatable bonds is 2. The minimum atomic E-state index is 0.570. The summed E-state index contributed by atoms with van der Waals surface area (Å²) in [6.07, 6.45) is 2.11. The first kappa shape index (κ1) is 13.2. The number of aromatic nitrogens is 1. The number of nitrogens with one attached hydrogen (secondary N) is 1. The smallest absolute Gasteiger partial charge is 0.0456 e. The molecule has 0 radical (unpaired) electrons. The van der Waals surface area contributed by atoms with E-state index in [1.165, 1.54) is 21.5 Å². The van der Waals surface area contributed by atoms with E-state index < -0.39 is 0 Å². The monoisotopic (exact) mass is 235 g/mol. The number of fused-ring (bicyclic) bond motifs is 1. The van der Waals surface area contributed by atoms with Crippen molar-refractivity contribution in [2.24, 2.45) is 0 Å². The fourth-order valence-corrected chi connectivity index (χ4v) is 2.02. The number of thioether (sulfide) groups is 1. The second-order valence-electron chi connectivity index (χ2n) is 3.83. The maximum absolute atomic E-state index is 3.44. The maximum atomic E-state index is 3.44. The summed E-state index contributed by atoms with van der Waals surface area (Å²) in [7, 11) is 0. The molecule has 1 aromatic heterocycles. The molecule has 1 heterocycles. The summed E-state index contributed by atoms with van der Waals surface area (Å²) in [5.41, 5.74) is 2.56. The van der Waals surface area contributed by atoms with Crippen LogP contribution in [0.5, 0.6) is 0 Å². The second kappa shape index (κ2) is 6.00. The highest BCUT2D eigenvalue weighted by atomic mass is 32.2. The Kier molecular flexibility index (Phi) is 4.94. The van der Waals surface area contributed by atoms with E-state index in [0.29, 0.717) is 5.92 Å². The molecule has 2 heteroatoms. The van der Waals surface area contributed by atoms with Crippen LogP contribution in [0.25, 0.3) is 10.9 Å². The van der Waals surface area contributed by atoms with Gasteiger partial charge in [0.05, 0.1) is 0 Å². The Morgan fingerprint density at radius 3 is 2.38 bits per heavy atom. The Labute approximate surface area is 103 Å². The zero-order valence-corrected chi connectivity index (χ0v) is 11.6. The van der Waals surface area contributed by atoms with E-state index in [1.54, 1.807) is 11.8 Å². The lowest BCUT2D eigenvalue weighted by Gasteiger charge is -1.97. The third-order valence-electron chi connectivity index (χ3n) is 2.47. The van der Waals surface area contributed by atoms with Crippen LogP contribution < -0.4 is 0 Å². The van der Waals surface area contributed by atoms with Crippen molar-refractivity contribution in [3.63, 3.8) is 0 Å². The van der Waals surface area contributed by atoms with E-state index in [2.05, 4.69) is 49.4 Å². The van der Waals surface area contributed by atoms with Crippen LogP contribution in [-0.2, 0) is 0 Å². The van der Waals surface area contributed by atoms with Gasteiger partial charge in [-0.1, -0.05) is 27.7 Å². The summed E-state index contributed by atoms with van der Waals surface area (Å²) in [6.45, 7) is 8.42. The molecule has 1 nitrogen and oxygen atoms in total. The summed E-state index contributed by atoms with van der Waals surface area (Å²) < 4.78 is 0. The summed E-state index contributed by atoms with van der Waals surface area (Å²) in [5.74, 6) is 0.570. The van der Waals surface area contributed by atoms with Crippen LogP contribution in [0.1, 0.15) is 39.3 Å². The molecule has 0 bridgehead atoms. The summed E-state index contributed by atoms with van der Waals surface area (Å²) >= 11 is 1.79. The van der Waals surface area contributed by atoms with E-state index in [-0.39, 0.29) is 0 Å². The molecule has 0 saturated carbocycles. The Hall–Kier alpha value is -0.890. The summed E-state index contributed by atoms with van der Waals surface area (Å²) in [4.78, 5) is 4.76. The van der Waals surface area contributed by atoms with Crippen molar-refractivity contribution < 1.29 is 0 Å². The van der Waals surface area contributed by atoms with Crippen LogP contribution in [0.4, 0.5) is 0 Å². The Morgan fingerprint density at radius 1 is 1.12 bits per heavy atom. The molecule has 88 valence electrons. The van der Waals surface area contributed by atoms with Crippen molar-refractivity contribution >= 4 is 22.7 Å². The molecule has 0 unspecified atom stereocenters. The number of H-pyrrole nitrogens is 1. The average Bonchev–Trinajstić information content (AvgIpc) is 2.74. The first-order chi connectivity index (χ1) is 7.70. The molecule has 0 aliphatic carbocycles. The highest BCUT2D eigenvalue weighted by molar-refractivity contribution is 7.98. The largest absolute Gasteiger partial charge is 0.358 e. The van der Waals surface area contributed by atoms with Gasteiger partial charge in [0, 0.05) is 21.5 Å². The van der Waals surface area contributed by atoms with Crippen molar-refractivity contribution in [1.29, 1.82) is 0 Å². The molecule has 0 aliphatic rings. The molecular formula is C14H21NS. The van der Waals surface area contributed by atoms with Crippen LogP contribution >= 0.6 is 11.8 Å². The lowest BCUT2D eigenvalue weighted by molar-refractivity contribution is 0.836. The second-order valence-corrected chi connectivity index (χ2v) is 4.71. The van der Waals surface area contributed by atoms with E-state index in [4.69, 9.17) is 0 Å². The molecule has 0 atom stereocenters. The molecule has 2 rings (SSSR count). The fourth-order valence-electron chi connectivity index (χ4n) is 1.57. The van der Waals surface area contributed by atoms with E-state index in [0.717, 1.165) is 0 Å². The van der Waals surface area contributed by atoms with Gasteiger partial charge in [-0.3, -0.25) is 0 Å². The molecule has 16 heavy (non-hydrogen) atoms. The number of hydrogen-bond donors (Lipinski definition) is 1. The molecule has 0 saturated heterocycles. The van der Waals surface area contributed by atoms with E-state index in [9.17, 15) is 0 Å². The van der Waals surface area contributed by atoms with Crippen LogP contribution in [0, 0.1) is 0 Å². The van der Waals surface area contributed by atoms with Gasteiger partial charge in [-0.2, -0.15) is 0 Å². The minimum absolute atomic E-state index is 0.570. The zero-order chi connectivity index (χ0) is 12.1. The fraction of sp³-hybridized carbons (Fsp3) is 0.429. The number of aromatic amines is 1. The van der Waals surface area contributed by atoms with Gasteiger partial charge in [0.15, 0.2) is 0 Å². The van der Waals surface area contributed by atoms with Gasteiger partial charge in [0.2, 0.25) is 0 Å². The number of hydrogen-bond acceptors (Lipinski definition) is 1. The normalized spacial score (nSPS) is 10.4. The predicted molar refractivity (Wildman–Crippen MR) is 75.5 cm³/mol. The van der Waals surface area contributed by atoms with E-state index >= 15 is 0 Å². The van der Waals surface area contributed by atoms with Crippen molar-refractivity contribution in [3.8, 4) is 0 Å². The van der Waals surface area contributed by atoms with Crippen molar-refractivity contribution in [2.75, 3.05) is 6.26 Å². The molecule has 1 aromatic carbocycles. The lowest BCUT2D eigenvalue weighted by atomic mass is 10.1. The van der Waals surface area contributed by atoms with Gasteiger partial charge < -0.3 is 4.98 Å². The maximum Gasteiger partial charge on any atom is 0.0456 e. The minimum Gasteiger partial charge on any atom is -0.358 e. The van der Waals surface area contributed by atoms with Gasteiger partial charge in [0.25, 0.3) is 0 Å².